The van der Waals surface area contributed by atoms with Crippen LogP contribution in [0.4, 0.5) is 0 Å². The second-order valence-electron chi connectivity index (χ2n) is 8.67. The van der Waals surface area contributed by atoms with Crippen LogP contribution < -0.4 is 14.8 Å². The normalized spacial score (nSPS) is 20.7. The molecule has 8 nitrogen and oxygen atoms in total. The van der Waals surface area contributed by atoms with Crippen LogP contribution in [0.25, 0.3) is 0 Å². The number of amides is 2. The number of methoxy groups -OCH3 is 2. The number of fused-ring (bicyclic) bond motifs is 1. The smallest absolute Gasteiger partial charge is 0.251 e. The van der Waals surface area contributed by atoms with Crippen molar-refractivity contribution < 1.29 is 28.9 Å². The average Bonchev–Trinajstić information content (AvgIpc) is 3.16. The molecule has 1 saturated heterocycles. The number of hydrogen-bond donors (Lipinski definition) is 2. The maximum Gasteiger partial charge on any atom is 0.251 e. The fourth-order valence-electron chi connectivity index (χ4n) is 4.77. The van der Waals surface area contributed by atoms with Crippen LogP contribution in [0, 0.1) is 0 Å². The number of ether oxygens (including phenoxy) is 3. The minimum Gasteiger partial charge on any atom is -0.507 e. The molecular weight excluding hydrogens is 424 g/mol. The molecule has 176 valence electrons. The standard InChI is InChI=1S/C25H30N2O6/c1-14-12-27(13-15(2)33-14)23(29)10-20(16-5-6-19-17(7-16)11-26-25(19)30)24-21(28)8-18(31-3)9-22(24)32-4/h5-9,14-15,20,28H,10-13H2,1-4H3,(H,26,30)/t14?,15?,20-/m1/s1. The predicted octanol–water partition coefficient (Wildman–Crippen LogP) is 2.81. The van der Waals surface area contributed by atoms with Crippen molar-refractivity contribution >= 4 is 11.8 Å². The highest BCUT2D eigenvalue weighted by molar-refractivity contribution is 5.98. The minimum atomic E-state index is -0.479. The first-order valence-electron chi connectivity index (χ1n) is 11.1. The molecule has 3 atom stereocenters. The van der Waals surface area contributed by atoms with Gasteiger partial charge in [0.2, 0.25) is 5.91 Å². The Bertz CT molecular complexity index is 1060. The van der Waals surface area contributed by atoms with Gasteiger partial charge < -0.3 is 29.5 Å². The van der Waals surface area contributed by atoms with Crippen molar-refractivity contribution in [3.05, 3.63) is 52.6 Å². The number of hydrogen-bond acceptors (Lipinski definition) is 6. The number of aromatic hydroxyl groups is 1. The van der Waals surface area contributed by atoms with E-state index in [-0.39, 0.29) is 36.2 Å². The Morgan fingerprint density at radius 2 is 1.91 bits per heavy atom. The summed E-state index contributed by atoms with van der Waals surface area (Å²) in [7, 11) is 3.04. The molecule has 0 aliphatic carbocycles. The van der Waals surface area contributed by atoms with E-state index in [0.717, 1.165) is 11.1 Å². The molecule has 2 aliphatic heterocycles. The van der Waals surface area contributed by atoms with E-state index in [1.807, 2.05) is 30.9 Å². The van der Waals surface area contributed by atoms with Gasteiger partial charge in [-0.1, -0.05) is 12.1 Å². The third-order valence-electron chi connectivity index (χ3n) is 6.26. The van der Waals surface area contributed by atoms with E-state index >= 15 is 0 Å². The Kier molecular flexibility index (Phi) is 6.47. The Hall–Kier alpha value is -3.26. The molecule has 0 radical (unpaired) electrons. The molecule has 0 spiro atoms. The number of carbonyl (C=O) groups is 2. The maximum absolute atomic E-state index is 13.4. The number of nitrogens with one attached hydrogen (secondary N) is 1. The third-order valence-corrected chi connectivity index (χ3v) is 6.26. The molecule has 0 saturated carbocycles. The average molecular weight is 455 g/mol. The zero-order valence-electron chi connectivity index (χ0n) is 19.4. The lowest BCUT2D eigenvalue weighted by Crippen LogP contribution is -2.48. The molecule has 0 aromatic heterocycles. The molecule has 2 aliphatic rings. The highest BCUT2D eigenvalue weighted by Crippen LogP contribution is 2.43. The molecule has 0 bridgehead atoms. The first-order valence-corrected chi connectivity index (χ1v) is 11.1. The van der Waals surface area contributed by atoms with Crippen molar-refractivity contribution in [1.82, 2.24) is 10.2 Å². The predicted molar refractivity (Wildman–Crippen MR) is 122 cm³/mol. The van der Waals surface area contributed by atoms with E-state index in [2.05, 4.69) is 5.32 Å². The number of benzene rings is 2. The molecular formula is C25H30N2O6. The van der Waals surface area contributed by atoms with Gasteiger partial charge in [-0.3, -0.25) is 9.59 Å². The van der Waals surface area contributed by atoms with Crippen LogP contribution in [-0.2, 0) is 16.1 Å². The fourth-order valence-corrected chi connectivity index (χ4v) is 4.77. The Labute approximate surface area is 193 Å². The summed E-state index contributed by atoms with van der Waals surface area (Å²) in [5.41, 5.74) is 2.84. The Morgan fingerprint density at radius 3 is 2.58 bits per heavy atom. The quantitative estimate of drug-likeness (QED) is 0.697. The number of phenols is 1. The molecule has 2 aromatic rings. The van der Waals surface area contributed by atoms with E-state index < -0.39 is 5.92 Å². The van der Waals surface area contributed by atoms with Crippen molar-refractivity contribution in [2.24, 2.45) is 0 Å². The lowest BCUT2D eigenvalue weighted by molar-refractivity contribution is -0.143. The highest BCUT2D eigenvalue weighted by atomic mass is 16.5. The Morgan fingerprint density at radius 1 is 1.18 bits per heavy atom. The van der Waals surface area contributed by atoms with Crippen LogP contribution in [0.15, 0.2) is 30.3 Å². The molecule has 2 unspecified atom stereocenters. The summed E-state index contributed by atoms with van der Waals surface area (Å²) in [5.74, 6) is 0.260. The summed E-state index contributed by atoms with van der Waals surface area (Å²) in [6.45, 7) is 5.38. The summed E-state index contributed by atoms with van der Waals surface area (Å²) in [5, 5.41) is 13.8. The molecule has 4 rings (SSSR count). The van der Waals surface area contributed by atoms with Crippen LogP contribution in [0.5, 0.6) is 17.2 Å². The van der Waals surface area contributed by atoms with Gasteiger partial charge in [-0.15, -0.1) is 0 Å². The van der Waals surface area contributed by atoms with E-state index in [1.165, 1.54) is 20.3 Å². The second-order valence-corrected chi connectivity index (χ2v) is 8.67. The monoisotopic (exact) mass is 454 g/mol. The first kappa shape index (κ1) is 22.9. The van der Waals surface area contributed by atoms with Gasteiger partial charge >= 0.3 is 0 Å². The molecule has 2 heterocycles. The van der Waals surface area contributed by atoms with Gasteiger partial charge in [0.05, 0.1) is 26.4 Å². The molecule has 8 heteroatoms. The third kappa shape index (κ3) is 4.61. The highest BCUT2D eigenvalue weighted by Gasteiger charge is 2.32. The van der Waals surface area contributed by atoms with Crippen molar-refractivity contribution in [3.8, 4) is 17.2 Å². The van der Waals surface area contributed by atoms with Crippen LogP contribution in [0.2, 0.25) is 0 Å². The lowest BCUT2D eigenvalue weighted by Gasteiger charge is -2.36. The number of phenolic OH excluding ortho intramolecular Hbond substituents is 1. The fraction of sp³-hybridized carbons (Fsp3) is 0.440. The van der Waals surface area contributed by atoms with Crippen molar-refractivity contribution in [2.45, 2.75) is 44.9 Å². The van der Waals surface area contributed by atoms with Gasteiger partial charge in [-0.2, -0.15) is 0 Å². The van der Waals surface area contributed by atoms with Crippen LogP contribution in [-0.4, -0.2) is 61.3 Å². The van der Waals surface area contributed by atoms with E-state index in [1.54, 1.807) is 12.1 Å². The minimum absolute atomic E-state index is 0.0117. The summed E-state index contributed by atoms with van der Waals surface area (Å²) in [4.78, 5) is 27.3. The molecule has 2 N–H and O–H groups in total. The van der Waals surface area contributed by atoms with Crippen LogP contribution >= 0.6 is 0 Å². The summed E-state index contributed by atoms with van der Waals surface area (Å²) in [6.07, 6.45) is 0.0462. The van der Waals surface area contributed by atoms with Crippen molar-refractivity contribution in [2.75, 3.05) is 27.3 Å². The topological polar surface area (TPSA) is 97.3 Å². The van der Waals surface area contributed by atoms with Gasteiger partial charge in [0, 0.05) is 55.2 Å². The van der Waals surface area contributed by atoms with Gasteiger partial charge in [-0.25, -0.2) is 0 Å². The molecule has 2 aromatic carbocycles. The van der Waals surface area contributed by atoms with Gasteiger partial charge in [0.15, 0.2) is 0 Å². The molecule has 33 heavy (non-hydrogen) atoms. The Balaban J connectivity index is 1.75. The molecule has 1 fully saturated rings. The van der Waals surface area contributed by atoms with Crippen molar-refractivity contribution in [1.29, 1.82) is 0 Å². The maximum atomic E-state index is 13.4. The number of rotatable bonds is 6. The lowest BCUT2D eigenvalue weighted by atomic mass is 9.85. The van der Waals surface area contributed by atoms with Crippen LogP contribution in [0.3, 0.4) is 0 Å². The summed E-state index contributed by atoms with van der Waals surface area (Å²) < 4.78 is 16.6. The van der Waals surface area contributed by atoms with Gasteiger partial charge in [0.25, 0.3) is 5.91 Å². The SMILES string of the molecule is COc1cc(O)c([C@H](CC(=O)N2CC(C)OC(C)C2)c2ccc3c(c2)CNC3=O)c(OC)c1. The van der Waals surface area contributed by atoms with E-state index in [4.69, 9.17) is 14.2 Å². The number of carbonyl (C=O) groups excluding carboxylic acids is 2. The zero-order valence-corrected chi connectivity index (χ0v) is 19.4. The van der Waals surface area contributed by atoms with Crippen molar-refractivity contribution in [3.63, 3.8) is 0 Å². The summed E-state index contributed by atoms with van der Waals surface area (Å²) in [6, 6.07) is 8.77. The van der Waals surface area contributed by atoms with Crippen LogP contribution in [0.1, 0.15) is 53.2 Å². The number of nitrogens with zero attached hydrogens (tertiary/aromatic N) is 1. The summed E-state index contributed by atoms with van der Waals surface area (Å²) >= 11 is 0. The van der Waals surface area contributed by atoms with Gasteiger partial charge in [-0.05, 0) is 31.0 Å². The second kappa shape index (κ2) is 9.31. The largest absolute Gasteiger partial charge is 0.507 e. The molecule has 2 amide bonds. The van der Waals surface area contributed by atoms with E-state index in [9.17, 15) is 14.7 Å². The van der Waals surface area contributed by atoms with E-state index in [0.29, 0.717) is 42.3 Å². The first-order chi connectivity index (χ1) is 15.8. The van der Waals surface area contributed by atoms with Gasteiger partial charge in [0.1, 0.15) is 17.2 Å². The number of morpholine rings is 1. The zero-order chi connectivity index (χ0) is 23.7.